The molecule has 1 aromatic rings. The first kappa shape index (κ1) is 16.4. The predicted molar refractivity (Wildman–Crippen MR) is 76.5 cm³/mol. The number of carbonyl (C=O) groups is 1. The van der Waals surface area contributed by atoms with Crippen LogP contribution in [0.15, 0.2) is 36.4 Å². The maximum atomic E-state index is 12.3. The minimum absolute atomic E-state index is 0.0236. The maximum Gasteiger partial charge on any atom is 0.393 e. The third-order valence-electron chi connectivity index (χ3n) is 3.31. The van der Waals surface area contributed by atoms with E-state index in [2.05, 4.69) is 10.6 Å². The molecule has 2 rings (SSSR count). The van der Waals surface area contributed by atoms with Gasteiger partial charge in [-0.2, -0.15) is 13.2 Å². The fourth-order valence-corrected chi connectivity index (χ4v) is 2.34. The number of urea groups is 1. The third kappa shape index (κ3) is 5.07. The quantitative estimate of drug-likeness (QED) is 0.748. The first-order valence-corrected chi connectivity index (χ1v) is 6.88. The van der Waals surface area contributed by atoms with Crippen LogP contribution in [-0.2, 0) is 6.42 Å². The molecule has 0 unspecified atom stereocenters. The topological polar surface area (TPSA) is 61.4 Å². The molecule has 22 heavy (non-hydrogen) atoms. The number of amides is 2. The van der Waals surface area contributed by atoms with Gasteiger partial charge in [-0.05, 0) is 24.1 Å². The van der Waals surface area contributed by atoms with Crippen molar-refractivity contribution < 1.29 is 23.1 Å². The van der Waals surface area contributed by atoms with E-state index in [0.717, 1.165) is 0 Å². The minimum atomic E-state index is -4.28. The lowest BCUT2D eigenvalue weighted by molar-refractivity contribution is -0.127. The van der Waals surface area contributed by atoms with E-state index in [1.54, 1.807) is 6.08 Å². The lowest BCUT2D eigenvalue weighted by atomic mass is 10.1. The van der Waals surface area contributed by atoms with Gasteiger partial charge in [0, 0.05) is 24.3 Å². The molecule has 0 radical (unpaired) electrons. The van der Waals surface area contributed by atoms with E-state index in [4.69, 9.17) is 5.11 Å². The Kier molecular flexibility index (Phi) is 5.07. The summed E-state index contributed by atoms with van der Waals surface area (Å²) in [6.07, 6.45) is -1.09. The van der Waals surface area contributed by atoms with Gasteiger partial charge in [0.1, 0.15) is 0 Å². The number of alkyl halides is 3. The molecule has 3 N–H and O–H groups in total. The lowest BCUT2D eigenvalue weighted by Gasteiger charge is -2.14. The standard InChI is InChI=1S/C15H17F3N2O2/c16-15(17,18)8-10-2-1-3-12(6-10)19-14(22)20-13-5-4-11(7-13)9-21/h1-6,11,13,21H,7-9H2,(H2,19,20,22)/t11-,13+/m0/s1. The number of nitrogens with one attached hydrogen (secondary N) is 2. The monoisotopic (exact) mass is 314 g/mol. The SMILES string of the molecule is O=C(Nc1cccc(CC(F)(F)F)c1)N[C@@H]1C=C[C@H](CO)C1. The number of carbonyl (C=O) groups excluding carboxylic acids is 1. The van der Waals surface area contributed by atoms with Crippen molar-refractivity contribution in [1.82, 2.24) is 5.32 Å². The summed E-state index contributed by atoms with van der Waals surface area (Å²) in [6, 6.07) is 4.98. The molecule has 0 bridgehead atoms. The van der Waals surface area contributed by atoms with Crippen LogP contribution in [0.1, 0.15) is 12.0 Å². The summed E-state index contributed by atoms with van der Waals surface area (Å²) in [5.41, 5.74) is 0.395. The van der Waals surface area contributed by atoms with E-state index in [9.17, 15) is 18.0 Å². The highest BCUT2D eigenvalue weighted by molar-refractivity contribution is 5.89. The molecule has 120 valence electrons. The second-order valence-electron chi connectivity index (χ2n) is 5.26. The molecule has 1 aromatic carbocycles. The summed E-state index contributed by atoms with van der Waals surface area (Å²) >= 11 is 0. The molecule has 7 heteroatoms. The van der Waals surface area contributed by atoms with Gasteiger partial charge in [0.05, 0.1) is 6.42 Å². The summed E-state index contributed by atoms with van der Waals surface area (Å²) in [7, 11) is 0. The van der Waals surface area contributed by atoms with Gasteiger partial charge < -0.3 is 15.7 Å². The summed E-state index contributed by atoms with van der Waals surface area (Å²) in [5.74, 6) is 0.0282. The molecule has 2 amide bonds. The Morgan fingerprint density at radius 2 is 2.09 bits per heavy atom. The van der Waals surface area contributed by atoms with Crippen LogP contribution < -0.4 is 10.6 Å². The average molecular weight is 314 g/mol. The van der Waals surface area contributed by atoms with Crippen LogP contribution in [0.4, 0.5) is 23.7 Å². The fraction of sp³-hybridized carbons (Fsp3) is 0.400. The number of hydrogen-bond acceptors (Lipinski definition) is 2. The normalized spacial score (nSPS) is 20.9. The van der Waals surface area contributed by atoms with E-state index >= 15 is 0 Å². The van der Waals surface area contributed by atoms with Gasteiger partial charge >= 0.3 is 12.2 Å². The zero-order valence-electron chi connectivity index (χ0n) is 11.7. The Morgan fingerprint density at radius 3 is 2.73 bits per heavy atom. The van der Waals surface area contributed by atoms with E-state index in [-0.39, 0.29) is 24.1 Å². The highest BCUT2D eigenvalue weighted by Crippen LogP contribution is 2.23. The van der Waals surface area contributed by atoms with Crippen molar-refractivity contribution in [2.24, 2.45) is 5.92 Å². The molecule has 0 aliphatic heterocycles. The number of halogens is 3. The van der Waals surface area contributed by atoms with Crippen LogP contribution in [-0.4, -0.2) is 30.0 Å². The van der Waals surface area contributed by atoms with Crippen molar-refractivity contribution in [2.75, 3.05) is 11.9 Å². The van der Waals surface area contributed by atoms with Crippen LogP contribution in [0.25, 0.3) is 0 Å². The number of hydrogen-bond donors (Lipinski definition) is 3. The number of benzene rings is 1. The Balaban J connectivity index is 1.89. The van der Waals surface area contributed by atoms with E-state index in [0.29, 0.717) is 12.1 Å². The van der Waals surface area contributed by atoms with Crippen molar-refractivity contribution in [3.05, 3.63) is 42.0 Å². The van der Waals surface area contributed by atoms with Crippen molar-refractivity contribution in [2.45, 2.75) is 25.1 Å². The first-order chi connectivity index (χ1) is 10.4. The summed E-state index contributed by atoms with van der Waals surface area (Å²) in [4.78, 5) is 11.8. The molecule has 0 spiro atoms. The Labute approximate surface area is 126 Å². The zero-order chi connectivity index (χ0) is 16.2. The number of aliphatic hydroxyl groups excluding tert-OH is 1. The van der Waals surface area contributed by atoms with E-state index in [1.165, 1.54) is 24.3 Å². The van der Waals surface area contributed by atoms with Gasteiger partial charge in [0.15, 0.2) is 0 Å². The Hall–Kier alpha value is -2.02. The van der Waals surface area contributed by atoms with Crippen molar-refractivity contribution >= 4 is 11.7 Å². The number of aliphatic hydroxyl groups is 1. The molecule has 0 saturated carbocycles. The summed E-state index contributed by atoms with van der Waals surface area (Å²) in [6.45, 7) is 0.0236. The first-order valence-electron chi connectivity index (χ1n) is 6.88. The highest BCUT2D eigenvalue weighted by atomic mass is 19.4. The molecule has 0 heterocycles. The van der Waals surface area contributed by atoms with Crippen LogP contribution >= 0.6 is 0 Å². The van der Waals surface area contributed by atoms with Crippen molar-refractivity contribution in [3.63, 3.8) is 0 Å². The molecule has 2 atom stereocenters. The highest BCUT2D eigenvalue weighted by Gasteiger charge is 2.27. The van der Waals surface area contributed by atoms with Crippen LogP contribution in [0.2, 0.25) is 0 Å². The van der Waals surface area contributed by atoms with Gasteiger partial charge in [0.25, 0.3) is 0 Å². The van der Waals surface area contributed by atoms with Gasteiger partial charge in [-0.3, -0.25) is 0 Å². The van der Waals surface area contributed by atoms with Gasteiger partial charge in [0.2, 0.25) is 0 Å². The average Bonchev–Trinajstić information content (AvgIpc) is 2.84. The Morgan fingerprint density at radius 1 is 1.32 bits per heavy atom. The van der Waals surface area contributed by atoms with Gasteiger partial charge in [-0.15, -0.1) is 0 Å². The number of anilines is 1. The zero-order valence-corrected chi connectivity index (χ0v) is 11.7. The third-order valence-corrected chi connectivity index (χ3v) is 3.31. The minimum Gasteiger partial charge on any atom is -0.396 e. The second kappa shape index (κ2) is 6.83. The van der Waals surface area contributed by atoms with Crippen molar-refractivity contribution in [1.29, 1.82) is 0 Å². The van der Waals surface area contributed by atoms with Crippen LogP contribution in [0.5, 0.6) is 0 Å². The summed E-state index contributed by atoms with van der Waals surface area (Å²) in [5, 5.41) is 14.2. The second-order valence-corrected chi connectivity index (χ2v) is 5.26. The molecule has 1 aliphatic carbocycles. The largest absolute Gasteiger partial charge is 0.396 e. The summed E-state index contributed by atoms with van der Waals surface area (Å²) < 4.78 is 37.0. The maximum absolute atomic E-state index is 12.3. The smallest absolute Gasteiger partial charge is 0.393 e. The fourth-order valence-electron chi connectivity index (χ4n) is 2.34. The van der Waals surface area contributed by atoms with Crippen LogP contribution in [0.3, 0.4) is 0 Å². The van der Waals surface area contributed by atoms with Crippen molar-refractivity contribution in [3.8, 4) is 0 Å². The Bertz CT molecular complexity index is 558. The predicted octanol–water partition coefficient (Wildman–Crippen LogP) is 2.85. The molecule has 0 saturated heterocycles. The molecular formula is C15H17F3N2O2. The molecule has 0 fully saturated rings. The van der Waals surface area contributed by atoms with E-state index in [1.807, 2.05) is 6.08 Å². The van der Waals surface area contributed by atoms with Gasteiger partial charge in [-0.25, -0.2) is 4.79 Å². The molecule has 4 nitrogen and oxygen atoms in total. The molecular weight excluding hydrogens is 297 g/mol. The molecule has 1 aliphatic rings. The van der Waals surface area contributed by atoms with E-state index < -0.39 is 18.6 Å². The van der Waals surface area contributed by atoms with Crippen LogP contribution in [0, 0.1) is 5.92 Å². The molecule has 0 aromatic heterocycles. The lowest BCUT2D eigenvalue weighted by Crippen LogP contribution is -2.36. The number of rotatable bonds is 4. The van der Waals surface area contributed by atoms with Gasteiger partial charge in [-0.1, -0.05) is 24.3 Å².